The molecule has 4 aliphatic rings. The molecule has 1 atom stereocenters. The van der Waals surface area contributed by atoms with E-state index < -0.39 is 11.9 Å². The van der Waals surface area contributed by atoms with E-state index in [1.807, 2.05) is 13.8 Å². The highest BCUT2D eigenvalue weighted by Crippen LogP contribution is 2.53. The van der Waals surface area contributed by atoms with Crippen molar-refractivity contribution in [2.75, 3.05) is 6.61 Å². The van der Waals surface area contributed by atoms with Crippen molar-refractivity contribution >= 4 is 18.1 Å². The highest BCUT2D eigenvalue weighted by Gasteiger charge is 2.48. The van der Waals surface area contributed by atoms with Crippen molar-refractivity contribution < 1.29 is 19.4 Å². The molecule has 1 aromatic rings. The standard InChI is InChI=1S/C23H33N3O4/c1-13(2)12-30-22-19(11-24-26(22)5-4-14(3)23(28)29)21(27)25-20-17-7-15-6-16(9-17)10-18(20)8-15/h4-5,11,13-18,20H,6-10,12H2,1-3H3,(H,25,27)(H,28,29)/b5-4+. The lowest BCUT2D eigenvalue weighted by Crippen LogP contribution is -2.55. The second-order valence-corrected chi connectivity index (χ2v) is 9.91. The molecule has 4 aliphatic carbocycles. The Bertz CT molecular complexity index is 800. The maximum Gasteiger partial charge on any atom is 0.310 e. The summed E-state index contributed by atoms with van der Waals surface area (Å²) in [5, 5.41) is 16.7. The summed E-state index contributed by atoms with van der Waals surface area (Å²) in [5.74, 6) is 1.85. The highest BCUT2D eigenvalue weighted by molar-refractivity contribution is 5.96. The number of nitrogens with zero attached hydrogens (tertiary/aromatic N) is 2. The summed E-state index contributed by atoms with van der Waals surface area (Å²) in [6.07, 6.45) is 11.0. The predicted molar refractivity (Wildman–Crippen MR) is 113 cm³/mol. The molecule has 1 unspecified atom stereocenters. The smallest absolute Gasteiger partial charge is 0.310 e. The number of hydrogen-bond acceptors (Lipinski definition) is 4. The van der Waals surface area contributed by atoms with Gasteiger partial charge in [-0.2, -0.15) is 5.10 Å². The molecule has 0 aromatic carbocycles. The first-order chi connectivity index (χ1) is 14.3. The Morgan fingerprint density at radius 2 is 1.83 bits per heavy atom. The SMILES string of the molecule is CC(C)COc1c(C(=O)NC2C3CC4CC(C3)CC2C4)cnn1/C=C/C(C)C(=O)O. The number of hydrogen-bond donors (Lipinski definition) is 2. The van der Waals surface area contributed by atoms with Crippen LogP contribution in [0.4, 0.5) is 0 Å². The summed E-state index contributed by atoms with van der Waals surface area (Å²) in [4.78, 5) is 24.3. The van der Waals surface area contributed by atoms with Crippen LogP contribution in [0.1, 0.15) is 63.2 Å². The Kier molecular flexibility index (Phi) is 5.89. The van der Waals surface area contributed by atoms with Gasteiger partial charge in [0.1, 0.15) is 5.56 Å². The molecule has 1 heterocycles. The van der Waals surface area contributed by atoms with Crippen molar-refractivity contribution in [3.8, 4) is 5.88 Å². The largest absolute Gasteiger partial charge is 0.481 e. The number of nitrogens with one attached hydrogen (secondary N) is 1. The second kappa shape index (κ2) is 8.44. The summed E-state index contributed by atoms with van der Waals surface area (Å²) >= 11 is 0. The topological polar surface area (TPSA) is 93.5 Å². The number of amides is 1. The van der Waals surface area contributed by atoms with Gasteiger partial charge >= 0.3 is 5.97 Å². The van der Waals surface area contributed by atoms with Gasteiger partial charge in [-0.3, -0.25) is 9.59 Å². The van der Waals surface area contributed by atoms with Gasteiger partial charge in [0.05, 0.1) is 18.7 Å². The Morgan fingerprint density at radius 3 is 2.40 bits per heavy atom. The first-order valence-electron chi connectivity index (χ1n) is 11.2. The first-order valence-corrected chi connectivity index (χ1v) is 11.2. The van der Waals surface area contributed by atoms with Gasteiger partial charge in [0, 0.05) is 12.2 Å². The van der Waals surface area contributed by atoms with Crippen LogP contribution in [0.15, 0.2) is 12.3 Å². The van der Waals surface area contributed by atoms with Crippen molar-refractivity contribution in [2.45, 2.75) is 58.9 Å². The quantitative estimate of drug-likeness (QED) is 0.676. The lowest BCUT2D eigenvalue weighted by Gasteiger charge is -2.54. The maximum atomic E-state index is 13.2. The van der Waals surface area contributed by atoms with Crippen LogP contribution < -0.4 is 10.1 Å². The Balaban J connectivity index is 1.52. The van der Waals surface area contributed by atoms with Crippen molar-refractivity contribution in [3.63, 3.8) is 0 Å². The van der Waals surface area contributed by atoms with Crippen LogP contribution in [-0.2, 0) is 4.79 Å². The number of ether oxygens (including phenoxy) is 1. The van der Waals surface area contributed by atoms with E-state index in [1.165, 1.54) is 49.1 Å². The first kappa shape index (κ1) is 20.9. The Labute approximate surface area is 177 Å². The fourth-order valence-corrected chi connectivity index (χ4v) is 5.69. The van der Waals surface area contributed by atoms with Crippen molar-refractivity contribution in [1.82, 2.24) is 15.1 Å². The third-order valence-corrected chi connectivity index (χ3v) is 6.98. The number of carbonyl (C=O) groups excluding carboxylic acids is 1. The van der Waals surface area contributed by atoms with Crippen LogP contribution in [0.2, 0.25) is 0 Å². The molecule has 30 heavy (non-hydrogen) atoms. The maximum absolute atomic E-state index is 13.2. The van der Waals surface area contributed by atoms with Crippen LogP contribution in [0.5, 0.6) is 5.88 Å². The minimum Gasteiger partial charge on any atom is -0.481 e. The number of carbonyl (C=O) groups is 2. The third kappa shape index (κ3) is 4.25. The average molecular weight is 416 g/mol. The number of carboxylic acids is 1. The van der Waals surface area contributed by atoms with Gasteiger partial charge in [0.15, 0.2) is 0 Å². The molecule has 4 fully saturated rings. The van der Waals surface area contributed by atoms with Crippen molar-refractivity contribution in [3.05, 3.63) is 17.8 Å². The fraction of sp³-hybridized carbons (Fsp3) is 0.696. The third-order valence-electron chi connectivity index (χ3n) is 6.98. The van der Waals surface area contributed by atoms with Crippen LogP contribution in [0.25, 0.3) is 6.20 Å². The summed E-state index contributed by atoms with van der Waals surface area (Å²) in [5.41, 5.74) is 0.414. The number of rotatable bonds is 8. The van der Waals surface area contributed by atoms with Crippen molar-refractivity contribution in [1.29, 1.82) is 0 Å². The molecule has 7 heteroatoms. The van der Waals surface area contributed by atoms with Crippen LogP contribution in [0.3, 0.4) is 0 Å². The molecule has 0 aliphatic heterocycles. The minimum absolute atomic E-state index is 0.142. The van der Waals surface area contributed by atoms with E-state index in [1.54, 1.807) is 13.1 Å². The molecular weight excluding hydrogens is 382 g/mol. The van der Waals surface area contributed by atoms with Crippen LogP contribution in [-0.4, -0.2) is 39.4 Å². The van der Waals surface area contributed by atoms with E-state index >= 15 is 0 Å². The number of aromatic nitrogens is 2. The van der Waals surface area contributed by atoms with E-state index in [2.05, 4.69) is 10.4 Å². The van der Waals surface area contributed by atoms with E-state index in [-0.39, 0.29) is 17.9 Å². The lowest BCUT2D eigenvalue weighted by molar-refractivity contribution is -0.139. The molecule has 4 saturated carbocycles. The van der Waals surface area contributed by atoms with Gasteiger partial charge < -0.3 is 15.2 Å². The summed E-state index contributed by atoms with van der Waals surface area (Å²) in [6.45, 7) is 6.12. The molecule has 164 valence electrons. The molecule has 0 saturated heterocycles. The zero-order valence-electron chi connectivity index (χ0n) is 18.1. The molecular formula is C23H33N3O4. The van der Waals surface area contributed by atoms with Crippen LogP contribution in [0, 0.1) is 35.5 Å². The average Bonchev–Trinajstić information content (AvgIpc) is 3.09. The summed E-state index contributed by atoms with van der Waals surface area (Å²) in [7, 11) is 0. The van der Waals surface area contributed by atoms with Gasteiger partial charge in [-0.25, -0.2) is 4.68 Å². The Morgan fingerprint density at radius 1 is 1.20 bits per heavy atom. The van der Waals surface area contributed by atoms with E-state index in [0.717, 1.165) is 11.8 Å². The molecule has 1 amide bonds. The summed E-state index contributed by atoms with van der Waals surface area (Å²) < 4.78 is 7.40. The summed E-state index contributed by atoms with van der Waals surface area (Å²) in [6, 6.07) is 0.245. The van der Waals surface area contributed by atoms with E-state index in [4.69, 9.17) is 9.84 Å². The van der Waals surface area contributed by atoms with E-state index in [9.17, 15) is 9.59 Å². The zero-order valence-corrected chi connectivity index (χ0v) is 18.1. The lowest BCUT2D eigenvalue weighted by atomic mass is 9.54. The molecule has 0 radical (unpaired) electrons. The zero-order chi connectivity index (χ0) is 21.4. The molecule has 2 N–H and O–H groups in total. The van der Waals surface area contributed by atoms with Gasteiger partial charge in [-0.05, 0) is 68.6 Å². The molecule has 7 nitrogen and oxygen atoms in total. The van der Waals surface area contributed by atoms with Gasteiger partial charge in [0.25, 0.3) is 5.91 Å². The van der Waals surface area contributed by atoms with Crippen LogP contribution >= 0.6 is 0 Å². The van der Waals surface area contributed by atoms with Gasteiger partial charge in [-0.1, -0.05) is 19.9 Å². The fourth-order valence-electron chi connectivity index (χ4n) is 5.69. The number of carboxylic acid groups (broad SMARTS) is 1. The number of aliphatic carboxylic acids is 1. The molecule has 1 aromatic heterocycles. The predicted octanol–water partition coefficient (Wildman–Crippen LogP) is 3.66. The van der Waals surface area contributed by atoms with Gasteiger partial charge in [0.2, 0.25) is 5.88 Å². The molecule has 4 bridgehead atoms. The second-order valence-electron chi connectivity index (χ2n) is 9.91. The monoisotopic (exact) mass is 415 g/mol. The highest BCUT2D eigenvalue weighted by atomic mass is 16.5. The minimum atomic E-state index is -0.914. The van der Waals surface area contributed by atoms with Gasteiger partial charge in [-0.15, -0.1) is 0 Å². The van der Waals surface area contributed by atoms with E-state index in [0.29, 0.717) is 29.9 Å². The molecule has 5 rings (SSSR count). The Hall–Kier alpha value is -2.31. The molecule has 0 spiro atoms. The van der Waals surface area contributed by atoms with Crippen molar-refractivity contribution in [2.24, 2.45) is 35.5 Å². The normalized spacial score (nSPS) is 30.7.